The molecule has 0 nitrogen and oxygen atoms in total. The lowest BCUT2D eigenvalue weighted by atomic mass is 10.0. The van der Waals surface area contributed by atoms with Gasteiger partial charge in [-0.05, 0) is 10.8 Å². The molecule has 0 aromatic carbocycles. The lowest BCUT2D eigenvalue weighted by Crippen LogP contribution is -1.93. The molecule has 0 heteroatoms. The van der Waals surface area contributed by atoms with Crippen LogP contribution < -0.4 is 0 Å². The average Bonchev–Trinajstić information content (AvgIpc) is 2.37. The van der Waals surface area contributed by atoms with E-state index in [2.05, 4.69) is 55.4 Å². The van der Waals surface area contributed by atoms with E-state index in [9.17, 15) is 0 Å². The summed E-state index contributed by atoms with van der Waals surface area (Å²) in [5, 5.41) is 0. The predicted octanol–water partition coefficient (Wildman–Crippen LogP) is 9.87. The maximum Gasteiger partial charge on any atom is -0.0411 e. The van der Waals surface area contributed by atoms with Crippen LogP contribution in [0.4, 0.5) is 0 Å². The third-order valence-corrected chi connectivity index (χ3v) is 0. The Bertz CT molecular complexity index is 43.0. The Kier molecular flexibility index (Phi) is 119. The van der Waals surface area contributed by atoms with Crippen molar-refractivity contribution < 1.29 is 0 Å². The summed E-state index contributed by atoms with van der Waals surface area (Å²) in [6, 6.07) is 0. The molecule has 0 saturated heterocycles. The summed E-state index contributed by atoms with van der Waals surface area (Å²) in [7, 11) is 0. The standard InChI is InChI=1S/2C5H12.5C2H6.CH4/c2*1-5(2,3)4;5*1-2;/h2*1-4H3;5*1-2H3;1H4. The first kappa shape index (κ1) is 49.7. The molecule has 0 fully saturated rings. The second-order valence-corrected chi connectivity index (χ2v) is 6.00. The summed E-state index contributed by atoms with van der Waals surface area (Å²) in [6.45, 7) is 37.5. The highest BCUT2D eigenvalue weighted by atomic mass is 14.0. The molecule has 0 unspecified atom stereocenters. The van der Waals surface area contributed by atoms with Crippen molar-refractivity contribution in [2.24, 2.45) is 10.8 Å². The Morgan fingerprint density at radius 3 is 0.286 bits per heavy atom. The van der Waals surface area contributed by atoms with Crippen LogP contribution in [0, 0.1) is 10.8 Å². The quantitative estimate of drug-likeness (QED) is 0.417. The zero-order valence-corrected chi connectivity index (χ0v) is 19.0. The minimum atomic E-state index is 0. The molecule has 142 valence electrons. The fourth-order valence-corrected chi connectivity index (χ4v) is 0. The zero-order chi connectivity index (χ0) is 19.0. The molecule has 0 rings (SSSR count). The molecule has 0 bridgehead atoms. The smallest absolute Gasteiger partial charge is 0.0411 e. The van der Waals surface area contributed by atoms with E-state index in [4.69, 9.17) is 0 Å². The van der Waals surface area contributed by atoms with E-state index in [0.717, 1.165) is 0 Å². The first-order valence-electron chi connectivity index (χ1n) is 9.00. The molecule has 0 aliphatic rings. The fraction of sp³-hybridized carbons (Fsp3) is 1.00. The van der Waals surface area contributed by atoms with Crippen molar-refractivity contribution in [1.82, 2.24) is 0 Å². The van der Waals surface area contributed by atoms with Crippen LogP contribution in [0.5, 0.6) is 0 Å². The Morgan fingerprint density at radius 1 is 0.286 bits per heavy atom. The van der Waals surface area contributed by atoms with Crippen molar-refractivity contribution in [3.05, 3.63) is 0 Å². The van der Waals surface area contributed by atoms with Crippen LogP contribution in [0.1, 0.15) is 132 Å². The van der Waals surface area contributed by atoms with Gasteiger partial charge in [-0.2, -0.15) is 0 Å². The molecule has 0 saturated carbocycles. The maximum absolute atomic E-state index is 2.19. The molecule has 0 aromatic rings. The first-order valence-corrected chi connectivity index (χ1v) is 9.00. The highest BCUT2D eigenvalue weighted by Gasteiger charge is 1.96. The predicted molar refractivity (Wildman–Crippen MR) is 114 cm³/mol. The summed E-state index contributed by atoms with van der Waals surface area (Å²) in [5.41, 5.74) is 1.00. The van der Waals surface area contributed by atoms with Gasteiger partial charge in [0.25, 0.3) is 0 Å². The Balaban J connectivity index is -0.0000000165. The van der Waals surface area contributed by atoms with Crippen molar-refractivity contribution >= 4 is 0 Å². The zero-order valence-electron chi connectivity index (χ0n) is 19.0. The highest BCUT2D eigenvalue weighted by molar-refractivity contribution is 4.47. The summed E-state index contributed by atoms with van der Waals surface area (Å²) >= 11 is 0. The van der Waals surface area contributed by atoms with E-state index in [-0.39, 0.29) is 7.43 Å². The van der Waals surface area contributed by atoms with E-state index in [1.807, 2.05) is 69.2 Å². The van der Waals surface area contributed by atoms with E-state index >= 15 is 0 Å². The second kappa shape index (κ2) is 50.1. The molecule has 21 heavy (non-hydrogen) atoms. The monoisotopic (exact) mass is 310 g/mol. The van der Waals surface area contributed by atoms with E-state index < -0.39 is 0 Å². The van der Waals surface area contributed by atoms with Crippen LogP contribution in [0.15, 0.2) is 0 Å². The van der Waals surface area contributed by atoms with E-state index in [0.29, 0.717) is 10.8 Å². The van der Waals surface area contributed by atoms with Crippen LogP contribution in [-0.2, 0) is 0 Å². The van der Waals surface area contributed by atoms with Crippen molar-refractivity contribution in [1.29, 1.82) is 0 Å². The van der Waals surface area contributed by atoms with E-state index in [1.54, 1.807) is 0 Å². The van der Waals surface area contributed by atoms with Crippen LogP contribution in [0.3, 0.4) is 0 Å². The van der Waals surface area contributed by atoms with Gasteiger partial charge in [0.2, 0.25) is 0 Å². The maximum atomic E-state index is 2.19. The van der Waals surface area contributed by atoms with Gasteiger partial charge >= 0.3 is 0 Å². The molecular weight excluding hydrogens is 252 g/mol. The molecule has 0 amide bonds. The van der Waals surface area contributed by atoms with Crippen molar-refractivity contribution in [3.63, 3.8) is 0 Å². The van der Waals surface area contributed by atoms with E-state index in [1.165, 1.54) is 0 Å². The molecule has 0 spiro atoms. The van der Waals surface area contributed by atoms with Crippen molar-refractivity contribution in [3.8, 4) is 0 Å². The second-order valence-electron chi connectivity index (χ2n) is 6.00. The van der Waals surface area contributed by atoms with Crippen molar-refractivity contribution in [2.75, 3.05) is 0 Å². The van der Waals surface area contributed by atoms with Gasteiger partial charge < -0.3 is 0 Å². The van der Waals surface area contributed by atoms with Crippen LogP contribution in [0.2, 0.25) is 0 Å². The van der Waals surface area contributed by atoms with Gasteiger partial charge in [-0.1, -0.05) is 132 Å². The molecule has 0 atom stereocenters. The van der Waals surface area contributed by atoms with Gasteiger partial charge in [-0.15, -0.1) is 0 Å². The fourth-order valence-electron chi connectivity index (χ4n) is 0. The largest absolute Gasteiger partial charge is 0.0776 e. The summed E-state index contributed by atoms with van der Waals surface area (Å²) < 4.78 is 0. The molecule has 0 N–H and O–H groups in total. The number of rotatable bonds is 0. The molecular formula is C21H58. The van der Waals surface area contributed by atoms with Gasteiger partial charge in [0.05, 0.1) is 0 Å². The number of hydrogen-bond donors (Lipinski definition) is 0. The normalized spacial score (nSPS) is 7.14. The minimum absolute atomic E-state index is 0. The lowest BCUT2D eigenvalue weighted by molar-refractivity contribution is 0.469. The van der Waals surface area contributed by atoms with Gasteiger partial charge in [0.15, 0.2) is 0 Å². The summed E-state index contributed by atoms with van der Waals surface area (Å²) in [4.78, 5) is 0. The van der Waals surface area contributed by atoms with Crippen molar-refractivity contribution in [2.45, 2.75) is 132 Å². The van der Waals surface area contributed by atoms with Gasteiger partial charge in [-0.25, -0.2) is 0 Å². The van der Waals surface area contributed by atoms with Gasteiger partial charge in [0.1, 0.15) is 0 Å². The Labute approximate surface area is 143 Å². The van der Waals surface area contributed by atoms with Gasteiger partial charge in [0, 0.05) is 0 Å². The highest BCUT2D eigenvalue weighted by Crippen LogP contribution is 2.08. The molecule has 0 heterocycles. The third-order valence-electron chi connectivity index (χ3n) is 0. The Morgan fingerprint density at radius 2 is 0.286 bits per heavy atom. The molecule has 0 aliphatic heterocycles. The van der Waals surface area contributed by atoms with Crippen LogP contribution in [0.25, 0.3) is 0 Å². The topological polar surface area (TPSA) is 0 Å². The molecule has 0 aromatic heterocycles. The summed E-state index contributed by atoms with van der Waals surface area (Å²) in [6.07, 6.45) is 0. The SMILES string of the molecule is C.CC.CC.CC.CC.CC.CC(C)(C)C.CC(C)(C)C. The Hall–Kier alpha value is 0. The summed E-state index contributed by atoms with van der Waals surface area (Å²) in [5.74, 6) is 0. The molecule has 0 radical (unpaired) electrons. The lowest BCUT2D eigenvalue weighted by Gasteiger charge is -2.05. The number of hydrogen-bond acceptors (Lipinski definition) is 0. The third kappa shape index (κ3) is 0. The molecule has 0 aliphatic carbocycles. The average molecular weight is 311 g/mol. The van der Waals surface area contributed by atoms with Crippen LogP contribution in [-0.4, -0.2) is 0 Å². The minimum Gasteiger partial charge on any atom is -0.0776 e. The van der Waals surface area contributed by atoms with Crippen LogP contribution >= 0.6 is 0 Å². The first-order chi connectivity index (χ1) is 9.00. The van der Waals surface area contributed by atoms with Gasteiger partial charge in [-0.3, -0.25) is 0 Å².